The van der Waals surface area contributed by atoms with E-state index in [1.54, 1.807) is 0 Å². The molecule has 2 nitrogen and oxygen atoms in total. The van der Waals surface area contributed by atoms with E-state index in [9.17, 15) is 0 Å². The van der Waals surface area contributed by atoms with E-state index in [1.165, 1.54) is 23.6 Å². The smallest absolute Gasteiger partial charge is 0.0599 e. The summed E-state index contributed by atoms with van der Waals surface area (Å²) in [6, 6.07) is 8.17. The first-order valence-corrected chi connectivity index (χ1v) is 7.62. The molecular formula is C14H24N2S. The van der Waals surface area contributed by atoms with Crippen LogP contribution in [0.2, 0.25) is 0 Å². The van der Waals surface area contributed by atoms with Crippen LogP contribution in [0.5, 0.6) is 0 Å². The summed E-state index contributed by atoms with van der Waals surface area (Å²) in [7, 11) is 0. The second-order valence-corrected chi connectivity index (χ2v) is 5.49. The number of nitrogens with two attached hydrogens (primary N) is 1. The highest BCUT2D eigenvalue weighted by molar-refractivity contribution is 7.99. The van der Waals surface area contributed by atoms with Gasteiger partial charge in [-0.3, -0.25) is 0 Å². The lowest BCUT2D eigenvalue weighted by Crippen LogP contribution is -2.26. The number of thioether (sulfide) groups is 1. The van der Waals surface area contributed by atoms with Gasteiger partial charge >= 0.3 is 0 Å². The highest BCUT2D eigenvalue weighted by atomic mass is 32.2. The molecule has 1 aromatic rings. The number of nitrogen functional groups attached to an aromatic ring is 1. The monoisotopic (exact) mass is 252 g/mol. The van der Waals surface area contributed by atoms with Gasteiger partial charge in [0.2, 0.25) is 0 Å². The van der Waals surface area contributed by atoms with Crippen LogP contribution >= 0.6 is 11.8 Å². The minimum atomic E-state index is 0.893. The second kappa shape index (κ2) is 8.29. The van der Waals surface area contributed by atoms with Crippen LogP contribution in [0.1, 0.15) is 26.7 Å². The Kier molecular flexibility index (Phi) is 6.94. The van der Waals surface area contributed by atoms with Crippen molar-refractivity contribution in [1.82, 2.24) is 0 Å². The van der Waals surface area contributed by atoms with Crippen molar-refractivity contribution in [3.63, 3.8) is 0 Å². The normalized spacial score (nSPS) is 10.5. The van der Waals surface area contributed by atoms with E-state index in [0.717, 1.165) is 25.2 Å². The minimum absolute atomic E-state index is 0.893. The van der Waals surface area contributed by atoms with E-state index < -0.39 is 0 Å². The van der Waals surface area contributed by atoms with Crippen molar-refractivity contribution in [2.45, 2.75) is 26.7 Å². The van der Waals surface area contributed by atoms with Gasteiger partial charge in [-0.05, 0) is 36.5 Å². The minimum Gasteiger partial charge on any atom is -0.397 e. The van der Waals surface area contributed by atoms with E-state index in [1.807, 2.05) is 23.9 Å². The molecule has 0 fully saturated rings. The Morgan fingerprint density at radius 3 is 2.59 bits per heavy atom. The average Bonchev–Trinajstić information content (AvgIpc) is 2.34. The molecule has 1 aromatic carbocycles. The number of para-hydroxylation sites is 2. The number of benzene rings is 1. The molecule has 0 saturated heterocycles. The SMILES string of the molecule is CCCN(CCCSCC)c1ccccc1N. The quantitative estimate of drug-likeness (QED) is 0.566. The van der Waals surface area contributed by atoms with Gasteiger partial charge in [0.05, 0.1) is 11.4 Å². The maximum atomic E-state index is 6.04. The molecule has 0 atom stereocenters. The molecule has 0 amide bonds. The Morgan fingerprint density at radius 1 is 1.18 bits per heavy atom. The van der Waals surface area contributed by atoms with Crippen molar-refractivity contribution in [3.8, 4) is 0 Å². The highest BCUT2D eigenvalue weighted by Crippen LogP contribution is 2.23. The molecule has 0 saturated carbocycles. The Hall–Kier alpha value is -0.830. The van der Waals surface area contributed by atoms with E-state index in [0.29, 0.717) is 0 Å². The molecule has 17 heavy (non-hydrogen) atoms. The molecule has 0 aliphatic rings. The number of hydrogen-bond acceptors (Lipinski definition) is 3. The Balaban J connectivity index is 2.56. The summed E-state index contributed by atoms with van der Waals surface area (Å²) in [6.07, 6.45) is 2.39. The van der Waals surface area contributed by atoms with Crippen LogP contribution < -0.4 is 10.6 Å². The van der Waals surface area contributed by atoms with E-state index in [4.69, 9.17) is 5.73 Å². The van der Waals surface area contributed by atoms with Gasteiger partial charge in [-0.2, -0.15) is 11.8 Å². The van der Waals surface area contributed by atoms with Gasteiger partial charge in [0.15, 0.2) is 0 Å². The zero-order chi connectivity index (χ0) is 12.5. The fourth-order valence-corrected chi connectivity index (χ4v) is 2.52. The largest absolute Gasteiger partial charge is 0.397 e. The third-order valence-electron chi connectivity index (χ3n) is 2.69. The summed E-state index contributed by atoms with van der Waals surface area (Å²) in [5, 5.41) is 0. The zero-order valence-electron chi connectivity index (χ0n) is 11.0. The number of rotatable bonds is 8. The summed E-state index contributed by atoms with van der Waals surface area (Å²) < 4.78 is 0. The fraction of sp³-hybridized carbons (Fsp3) is 0.571. The lowest BCUT2D eigenvalue weighted by Gasteiger charge is -2.25. The maximum Gasteiger partial charge on any atom is 0.0599 e. The maximum absolute atomic E-state index is 6.04. The molecular weight excluding hydrogens is 228 g/mol. The van der Waals surface area contributed by atoms with E-state index >= 15 is 0 Å². The molecule has 0 heterocycles. The summed E-state index contributed by atoms with van der Waals surface area (Å²) >= 11 is 2.01. The Bertz CT molecular complexity index is 315. The Labute approximate surface area is 110 Å². The molecule has 0 radical (unpaired) electrons. The van der Waals surface area contributed by atoms with Gasteiger partial charge in [0.1, 0.15) is 0 Å². The molecule has 3 heteroatoms. The van der Waals surface area contributed by atoms with Gasteiger partial charge in [0.25, 0.3) is 0 Å². The van der Waals surface area contributed by atoms with Gasteiger partial charge in [-0.15, -0.1) is 0 Å². The van der Waals surface area contributed by atoms with Crippen LogP contribution in [0.15, 0.2) is 24.3 Å². The summed E-state index contributed by atoms with van der Waals surface area (Å²) in [5.41, 5.74) is 8.12. The summed E-state index contributed by atoms with van der Waals surface area (Å²) in [5.74, 6) is 2.45. The third kappa shape index (κ3) is 4.90. The van der Waals surface area contributed by atoms with E-state index in [2.05, 4.69) is 30.9 Å². The highest BCUT2D eigenvalue weighted by Gasteiger charge is 2.07. The second-order valence-electron chi connectivity index (χ2n) is 4.10. The molecule has 0 spiro atoms. The van der Waals surface area contributed by atoms with Gasteiger partial charge in [-0.1, -0.05) is 26.0 Å². The number of nitrogens with zero attached hydrogens (tertiary/aromatic N) is 1. The standard InChI is InChI=1S/C14H24N2S/c1-3-10-16(11-7-12-17-4-2)14-9-6-5-8-13(14)15/h5-6,8-9H,3-4,7,10-12,15H2,1-2H3. The number of anilines is 2. The first-order valence-electron chi connectivity index (χ1n) is 6.46. The number of hydrogen-bond donors (Lipinski definition) is 1. The van der Waals surface area contributed by atoms with E-state index in [-0.39, 0.29) is 0 Å². The molecule has 96 valence electrons. The third-order valence-corrected chi connectivity index (χ3v) is 3.68. The summed E-state index contributed by atoms with van der Waals surface area (Å²) in [6.45, 7) is 6.62. The first kappa shape index (κ1) is 14.2. The van der Waals surface area contributed by atoms with Gasteiger partial charge < -0.3 is 10.6 Å². The van der Waals surface area contributed by atoms with Gasteiger partial charge in [-0.25, -0.2) is 0 Å². The fourth-order valence-electron chi connectivity index (χ4n) is 1.90. The first-order chi connectivity index (χ1) is 8.29. The Morgan fingerprint density at radius 2 is 1.94 bits per heavy atom. The summed E-state index contributed by atoms with van der Waals surface area (Å²) in [4.78, 5) is 2.41. The predicted molar refractivity (Wildman–Crippen MR) is 81.0 cm³/mol. The lowest BCUT2D eigenvalue weighted by atomic mass is 10.2. The van der Waals surface area contributed by atoms with Crippen LogP contribution in [0.4, 0.5) is 11.4 Å². The lowest BCUT2D eigenvalue weighted by molar-refractivity contribution is 0.749. The van der Waals surface area contributed by atoms with Crippen molar-refractivity contribution in [2.75, 3.05) is 35.2 Å². The van der Waals surface area contributed by atoms with Crippen LogP contribution in [0, 0.1) is 0 Å². The van der Waals surface area contributed by atoms with Crippen molar-refractivity contribution < 1.29 is 0 Å². The van der Waals surface area contributed by atoms with Crippen LogP contribution in [0.25, 0.3) is 0 Å². The topological polar surface area (TPSA) is 29.3 Å². The average molecular weight is 252 g/mol. The molecule has 1 rings (SSSR count). The van der Waals surface area contributed by atoms with Crippen LogP contribution in [-0.4, -0.2) is 24.6 Å². The molecule has 2 N–H and O–H groups in total. The van der Waals surface area contributed by atoms with Crippen molar-refractivity contribution in [2.24, 2.45) is 0 Å². The van der Waals surface area contributed by atoms with Crippen molar-refractivity contribution >= 4 is 23.1 Å². The predicted octanol–water partition coefficient (Wildman–Crippen LogP) is 3.63. The van der Waals surface area contributed by atoms with Crippen molar-refractivity contribution in [3.05, 3.63) is 24.3 Å². The van der Waals surface area contributed by atoms with Gasteiger partial charge in [0, 0.05) is 13.1 Å². The van der Waals surface area contributed by atoms with Crippen molar-refractivity contribution in [1.29, 1.82) is 0 Å². The molecule has 0 unspecified atom stereocenters. The molecule has 0 aliphatic carbocycles. The van der Waals surface area contributed by atoms with Crippen LogP contribution in [0.3, 0.4) is 0 Å². The zero-order valence-corrected chi connectivity index (χ0v) is 11.8. The molecule has 0 aromatic heterocycles. The molecule has 0 bridgehead atoms. The molecule has 0 aliphatic heterocycles. The van der Waals surface area contributed by atoms with Crippen LogP contribution in [-0.2, 0) is 0 Å².